The Kier molecular flexibility index (Phi) is 4.90. The highest BCUT2D eigenvalue weighted by atomic mass is 16.5. The first-order chi connectivity index (χ1) is 12.4. The van der Waals surface area contributed by atoms with Crippen LogP contribution < -0.4 is 10.1 Å². The zero-order chi connectivity index (χ0) is 16.9. The molecule has 0 bridgehead atoms. The summed E-state index contributed by atoms with van der Waals surface area (Å²) in [5, 5.41) is 14.2. The molecule has 6 nitrogen and oxygen atoms in total. The Labute approximate surface area is 146 Å². The van der Waals surface area contributed by atoms with Crippen LogP contribution in [0.3, 0.4) is 0 Å². The number of rotatable bonds is 6. The summed E-state index contributed by atoms with van der Waals surface area (Å²) in [6.07, 6.45) is 2.87. The first-order valence-corrected chi connectivity index (χ1v) is 8.72. The highest BCUT2D eigenvalue weighted by Gasteiger charge is 2.18. The third-order valence-corrected chi connectivity index (χ3v) is 4.37. The number of nitrogens with one attached hydrogen (secondary N) is 1. The van der Waals surface area contributed by atoms with Crippen LogP contribution in [0.4, 0.5) is 0 Å². The van der Waals surface area contributed by atoms with Gasteiger partial charge in [-0.3, -0.25) is 4.68 Å². The van der Waals surface area contributed by atoms with Crippen molar-refractivity contribution in [3.05, 3.63) is 54.4 Å². The lowest BCUT2D eigenvalue weighted by Gasteiger charge is -2.21. The van der Waals surface area contributed by atoms with E-state index in [4.69, 9.17) is 9.47 Å². The smallest absolute Gasteiger partial charge is 0.127 e. The molecule has 3 aromatic rings. The van der Waals surface area contributed by atoms with Crippen LogP contribution in [0, 0.1) is 0 Å². The van der Waals surface area contributed by atoms with Crippen LogP contribution in [0.1, 0.15) is 18.2 Å². The molecule has 0 aliphatic carbocycles. The Morgan fingerprint density at radius 2 is 2.12 bits per heavy atom. The molecule has 1 N–H and O–H groups in total. The summed E-state index contributed by atoms with van der Waals surface area (Å²) in [5.74, 6) is 0.931. The molecule has 2 aromatic carbocycles. The zero-order valence-corrected chi connectivity index (χ0v) is 14.1. The van der Waals surface area contributed by atoms with E-state index in [1.165, 1.54) is 5.39 Å². The summed E-state index contributed by atoms with van der Waals surface area (Å²) in [6, 6.07) is 14.6. The van der Waals surface area contributed by atoms with E-state index in [9.17, 15) is 0 Å². The third kappa shape index (κ3) is 3.81. The molecular weight excluding hydrogens is 316 g/mol. The first-order valence-electron chi connectivity index (χ1n) is 8.72. The Morgan fingerprint density at radius 1 is 1.20 bits per heavy atom. The molecule has 6 heteroatoms. The van der Waals surface area contributed by atoms with Crippen LogP contribution in [-0.4, -0.2) is 41.4 Å². The standard InChI is InChI=1S/C19H22N4O2/c1-2-7-16-15(5-1)6-3-8-19(16)25-11-4-10-23-13-17(21-22-23)18-14-24-12-9-20-18/h1-3,5-8,13,18,20H,4,9-12,14H2. The van der Waals surface area contributed by atoms with Crippen LogP contribution in [0.2, 0.25) is 0 Å². The number of fused-ring (bicyclic) bond motifs is 1. The van der Waals surface area contributed by atoms with Gasteiger partial charge in [0.15, 0.2) is 0 Å². The molecule has 1 saturated heterocycles. The largest absolute Gasteiger partial charge is 0.493 e. The van der Waals surface area contributed by atoms with Gasteiger partial charge in [0.05, 0.1) is 32.1 Å². The van der Waals surface area contributed by atoms with Gasteiger partial charge in [0, 0.05) is 24.9 Å². The van der Waals surface area contributed by atoms with Crippen molar-refractivity contribution in [3.8, 4) is 5.75 Å². The van der Waals surface area contributed by atoms with E-state index in [-0.39, 0.29) is 6.04 Å². The van der Waals surface area contributed by atoms with Gasteiger partial charge in [-0.15, -0.1) is 5.10 Å². The molecule has 4 rings (SSSR count). The number of benzene rings is 2. The zero-order valence-electron chi connectivity index (χ0n) is 14.1. The molecule has 1 aromatic heterocycles. The Hall–Kier alpha value is -2.44. The van der Waals surface area contributed by atoms with Crippen LogP contribution in [0.25, 0.3) is 10.8 Å². The monoisotopic (exact) mass is 338 g/mol. The number of aryl methyl sites for hydroxylation is 1. The second-order valence-corrected chi connectivity index (χ2v) is 6.17. The van der Waals surface area contributed by atoms with E-state index in [1.807, 2.05) is 35.1 Å². The normalized spacial score (nSPS) is 17.7. The minimum atomic E-state index is 0.148. The van der Waals surface area contributed by atoms with Gasteiger partial charge >= 0.3 is 0 Å². The van der Waals surface area contributed by atoms with E-state index in [0.29, 0.717) is 13.2 Å². The molecule has 1 aliphatic heterocycles. The quantitative estimate of drug-likeness (QED) is 0.700. The number of aromatic nitrogens is 3. The van der Waals surface area contributed by atoms with Crippen molar-refractivity contribution in [2.24, 2.45) is 0 Å². The highest BCUT2D eigenvalue weighted by Crippen LogP contribution is 2.25. The lowest BCUT2D eigenvalue weighted by Crippen LogP contribution is -2.34. The lowest BCUT2D eigenvalue weighted by molar-refractivity contribution is 0.0756. The fraction of sp³-hybridized carbons (Fsp3) is 0.368. The molecule has 0 spiro atoms. The van der Waals surface area contributed by atoms with Crippen molar-refractivity contribution in [1.82, 2.24) is 20.3 Å². The summed E-state index contributed by atoms with van der Waals surface area (Å²) < 4.78 is 13.3. The van der Waals surface area contributed by atoms with Crippen molar-refractivity contribution >= 4 is 10.8 Å². The van der Waals surface area contributed by atoms with Crippen LogP contribution >= 0.6 is 0 Å². The molecule has 1 aliphatic rings. The Balaban J connectivity index is 1.30. The average Bonchev–Trinajstić information content (AvgIpc) is 3.15. The Morgan fingerprint density at radius 3 is 3.04 bits per heavy atom. The minimum Gasteiger partial charge on any atom is -0.493 e. The number of nitrogens with zero attached hydrogens (tertiary/aromatic N) is 3. The maximum Gasteiger partial charge on any atom is 0.127 e. The van der Waals surface area contributed by atoms with Crippen LogP contribution in [0.5, 0.6) is 5.75 Å². The molecule has 1 unspecified atom stereocenters. The van der Waals surface area contributed by atoms with Gasteiger partial charge in [0.25, 0.3) is 0 Å². The third-order valence-electron chi connectivity index (χ3n) is 4.37. The van der Waals surface area contributed by atoms with E-state index >= 15 is 0 Å². The average molecular weight is 338 g/mol. The van der Waals surface area contributed by atoms with Gasteiger partial charge in [-0.05, 0) is 11.5 Å². The van der Waals surface area contributed by atoms with E-state index in [1.54, 1.807) is 0 Å². The van der Waals surface area contributed by atoms with Crippen molar-refractivity contribution in [1.29, 1.82) is 0 Å². The maximum atomic E-state index is 5.97. The van der Waals surface area contributed by atoms with Gasteiger partial charge in [-0.1, -0.05) is 41.6 Å². The number of ether oxygens (including phenoxy) is 2. The van der Waals surface area contributed by atoms with Gasteiger partial charge in [-0.25, -0.2) is 0 Å². The molecule has 25 heavy (non-hydrogen) atoms. The molecule has 1 atom stereocenters. The van der Waals surface area contributed by atoms with E-state index < -0.39 is 0 Å². The molecule has 0 saturated carbocycles. The molecule has 130 valence electrons. The van der Waals surface area contributed by atoms with Gasteiger partial charge in [-0.2, -0.15) is 0 Å². The molecule has 0 amide bonds. The maximum absolute atomic E-state index is 5.97. The molecular formula is C19H22N4O2. The van der Waals surface area contributed by atoms with E-state index in [0.717, 1.165) is 42.9 Å². The van der Waals surface area contributed by atoms with Crippen LogP contribution in [-0.2, 0) is 11.3 Å². The molecule has 0 radical (unpaired) electrons. The predicted octanol–water partition coefficient (Wildman–Crippen LogP) is 2.56. The summed E-state index contributed by atoms with van der Waals surface area (Å²) in [5.41, 5.74) is 0.940. The summed E-state index contributed by atoms with van der Waals surface area (Å²) >= 11 is 0. The second-order valence-electron chi connectivity index (χ2n) is 6.17. The van der Waals surface area contributed by atoms with Gasteiger partial charge in [0.1, 0.15) is 11.4 Å². The SMILES string of the molecule is c1ccc2c(OCCCn3cc(C4COCCN4)nn3)cccc2c1. The van der Waals surface area contributed by atoms with E-state index in [2.05, 4.69) is 33.8 Å². The molecule has 1 fully saturated rings. The van der Waals surface area contributed by atoms with Gasteiger partial charge < -0.3 is 14.8 Å². The molecule has 2 heterocycles. The number of hydrogen-bond acceptors (Lipinski definition) is 5. The number of hydrogen-bond donors (Lipinski definition) is 1. The lowest BCUT2D eigenvalue weighted by atomic mass is 10.1. The second kappa shape index (κ2) is 7.63. The summed E-state index contributed by atoms with van der Waals surface area (Å²) in [7, 11) is 0. The predicted molar refractivity (Wildman–Crippen MR) is 95.6 cm³/mol. The van der Waals surface area contributed by atoms with Crippen molar-refractivity contribution < 1.29 is 9.47 Å². The van der Waals surface area contributed by atoms with Crippen molar-refractivity contribution in [2.45, 2.75) is 19.0 Å². The van der Waals surface area contributed by atoms with Gasteiger partial charge in [0.2, 0.25) is 0 Å². The van der Waals surface area contributed by atoms with Crippen molar-refractivity contribution in [3.63, 3.8) is 0 Å². The summed E-state index contributed by atoms with van der Waals surface area (Å²) in [4.78, 5) is 0. The fourth-order valence-electron chi connectivity index (χ4n) is 3.07. The van der Waals surface area contributed by atoms with Crippen molar-refractivity contribution in [2.75, 3.05) is 26.4 Å². The van der Waals surface area contributed by atoms with Crippen LogP contribution in [0.15, 0.2) is 48.7 Å². The summed E-state index contributed by atoms with van der Waals surface area (Å²) in [6.45, 7) is 3.70. The first kappa shape index (κ1) is 16.1. The Bertz CT molecular complexity index is 822. The minimum absolute atomic E-state index is 0.148. The topological polar surface area (TPSA) is 61.2 Å². The number of morpholine rings is 1. The fourth-order valence-corrected chi connectivity index (χ4v) is 3.07. The highest BCUT2D eigenvalue weighted by molar-refractivity contribution is 5.88.